The molecule has 1 heterocycles. The minimum Gasteiger partial charge on any atom is -0.368 e. The van der Waals surface area contributed by atoms with Gasteiger partial charge in [0.05, 0.1) is 11.7 Å². The molecule has 0 fully saturated rings. The van der Waals surface area contributed by atoms with Crippen LogP contribution < -0.4 is 0 Å². The van der Waals surface area contributed by atoms with E-state index in [0.29, 0.717) is 12.0 Å². The highest BCUT2D eigenvalue weighted by Gasteiger charge is 2.29. The first-order valence-corrected chi connectivity index (χ1v) is 5.93. The van der Waals surface area contributed by atoms with Gasteiger partial charge in [0.25, 0.3) is 0 Å². The Hall–Kier alpha value is -0.560. The molecule has 1 rings (SSSR count). The van der Waals surface area contributed by atoms with E-state index >= 15 is 0 Å². The van der Waals surface area contributed by atoms with Crippen LogP contribution in [0.25, 0.3) is 0 Å². The Bertz CT molecular complexity index is 261. The topological polar surface area (TPSA) is 9.23 Å². The standard InChI is InChI=1S/C14H24O/c1-11(2)7-6-9-14(5)10-8-12(3)13(4)15-14/h7-8,10,12-13H,6,9H2,1-5H3/t12-,13-,14+/m1/s1. The van der Waals surface area contributed by atoms with Gasteiger partial charge in [0.15, 0.2) is 0 Å². The van der Waals surface area contributed by atoms with Gasteiger partial charge in [-0.1, -0.05) is 30.7 Å². The first-order valence-electron chi connectivity index (χ1n) is 5.93. The summed E-state index contributed by atoms with van der Waals surface area (Å²) >= 11 is 0. The van der Waals surface area contributed by atoms with Crippen molar-refractivity contribution in [3.8, 4) is 0 Å². The van der Waals surface area contributed by atoms with Gasteiger partial charge in [0, 0.05) is 5.92 Å². The third-order valence-electron chi connectivity index (χ3n) is 3.14. The lowest BCUT2D eigenvalue weighted by molar-refractivity contribution is -0.0725. The van der Waals surface area contributed by atoms with E-state index in [1.54, 1.807) is 0 Å². The van der Waals surface area contributed by atoms with E-state index in [9.17, 15) is 0 Å². The van der Waals surface area contributed by atoms with Crippen molar-refractivity contribution in [2.75, 3.05) is 0 Å². The lowest BCUT2D eigenvalue weighted by Crippen LogP contribution is -2.36. The van der Waals surface area contributed by atoms with Crippen LogP contribution in [0.1, 0.15) is 47.5 Å². The number of hydrogen-bond donors (Lipinski definition) is 0. The van der Waals surface area contributed by atoms with Gasteiger partial charge in [-0.3, -0.25) is 0 Å². The highest BCUT2D eigenvalue weighted by atomic mass is 16.5. The molecule has 1 heteroatoms. The summed E-state index contributed by atoms with van der Waals surface area (Å²) in [7, 11) is 0. The van der Waals surface area contributed by atoms with Crippen molar-refractivity contribution in [2.24, 2.45) is 5.92 Å². The summed E-state index contributed by atoms with van der Waals surface area (Å²) in [6.07, 6.45) is 9.32. The minimum atomic E-state index is -0.0577. The third kappa shape index (κ3) is 3.83. The van der Waals surface area contributed by atoms with Gasteiger partial charge in [0.1, 0.15) is 0 Å². The second-order valence-electron chi connectivity index (χ2n) is 5.17. The normalized spacial score (nSPS) is 35.3. The van der Waals surface area contributed by atoms with Crippen molar-refractivity contribution in [2.45, 2.75) is 59.2 Å². The van der Waals surface area contributed by atoms with Gasteiger partial charge in [0.2, 0.25) is 0 Å². The highest BCUT2D eigenvalue weighted by molar-refractivity contribution is 5.08. The van der Waals surface area contributed by atoms with Crippen molar-refractivity contribution in [1.29, 1.82) is 0 Å². The summed E-state index contributed by atoms with van der Waals surface area (Å²) in [6, 6.07) is 0. The molecule has 0 aromatic rings. The zero-order chi connectivity index (χ0) is 11.5. The molecule has 86 valence electrons. The van der Waals surface area contributed by atoms with Crippen LogP contribution in [-0.2, 0) is 4.74 Å². The predicted molar refractivity (Wildman–Crippen MR) is 65.9 cm³/mol. The number of allylic oxidation sites excluding steroid dienone is 2. The molecule has 15 heavy (non-hydrogen) atoms. The molecule has 1 aliphatic heterocycles. The monoisotopic (exact) mass is 208 g/mol. The van der Waals surface area contributed by atoms with Crippen LogP contribution in [0.2, 0.25) is 0 Å². The first-order chi connectivity index (χ1) is 6.93. The highest BCUT2D eigenvalue weighted by Crippen LogP contribution is 2.29. The van der Waals surface area contributed by atoms with Gasteiger partial charge < -0.3 is 4.74 Å². The SMILES string of the molecule is CC(C)=CCC[C@@]1(C)C=C[C@@H](C)[C@@H](C)O1. The molecule has 0 N–H and O–H groups in total. The molecular formula is C14H24O. The lowest BCUT2D eigenvalue weighted by Gasteiger charge is -2.36. The van der Waals surface area contributed by atoms with Gasteiger partial charge in [-0.25, -0.2) is 0 Å². The fraction of sp³-hybridized carbons (Fsp3) is 0.714. The van der Waals surface area contributed by atoms with Crippen LogP contribution >= 0.6 is 0 Å². The van der Waals surface area contributed by atoms with E-state index in [4.69, 9.17) is 4.74 Å². The fourth-order valence-corrected chi connectivity index (χ4v) is 1.87. The van der Waals surface area contributed by atoms with Crippen LogP contribution in [0.15, 0.2) is 23.8 Å². The summed E-state index contributed by atoms with van der Waals surface area (Å²) in [5.41, 5.74) is 1.33. The van der Waals surface area contributed by atoms with Crippen LogP contribution in [0.4, 0.5) is 0 Å². The predicted octanol–water partition coefficient (Wildman–Crippen LogP) is 4.10. The maximum Gasteiger partial charge on any atom is 0.0841 e. The zero-order valence-electron chi connectivity index (χ0n) is 10.7. The van der Waals surface area contributed by atoms with Gasteiger partial charge in [-0.05, 0) is 40.5 Å². The van der Waals surface area contributed by atoms with Crippen molar-refractivity contribution in [3.63, 3.8) is 0 Å². The van der Waals surface area contributed by atoms with Gasteiger partial charge >= 0.3 is 0 Å². The third-order valence-corrected chi connectivity index (χ3v) is 3.14. The Labute approximate surface area is 94.2 Å². The molecule has 0 aromatic heterocycles. The molecule has 0 spiro atoms. The maximum atomic E-state index is 6.05. The van der Waals surface area contributed by atoms with E-state index in [1.807, 2.05) is 0 Å². The fourth-order valence-electron chi connectivity index (χ4n) is 1.87. The van der Waals surface area contributed by atoms with Crippen LogP contribution in [0.3, 0.4) is 0 Å². The molecule has 1 nitrogen and oxygen atoms in total. The molecule has 0 saturated carbocycles. The molecule has 1 aliphatic rings. The van der Waals surface area contributed by atoms with E-state index in [2.05, 4.69) is 52.8 Å². The molecule has 0 radical (unpaired) electrons. The van der Waals surface area contributed by atoms with Gasteiger partial charge in [-0.2, -0.15) is 0 Å². The first kappa shape index (κ1) is 12.5. The second-order valence-corrected chi connectivity index (χ2v) is 5.17. The average Bonchev–Trinajstić information content (AvgIpc) is 2.11. The number of rotatable bonds is 3. The summed E-state index contributed by atoms with van der Waals surface area (Å²) in [6.45, 7) is 10.8. The smallest absolute Gasteiger partial charge is 0.0841 e. The van der Waals surface area contributed by atoms with Crippen molar-refractivity contribution in [1.82, 2.24) is 0 Å². The second kappa shape index (κ2) is 4.98. The molecule has 0 unspecified atom stereocenters. The van der Waals surface area contributed by atoms with Crippen LogP contribution in [0.5, 0.6) is 0 Å². The Morgan fingerprint density at radius 2 is 2.07 bits per heavy atom. The van der Waals surface area contributed by atoms with Crippen LogP contribution in [-0.4, -0.2) is 11.7 Å². The largest absolute Gasteiger partial charge is 0.368 e. The molecule has 0 amide bonds. The van der Waals surface area contributed by atoms with Gasteiger partial charge in [-0.15, -0.1) is 0 Å². The van der Waals surface area contributed by atoms with Crippen molar-refractivity contribution < 1.29 is 4.74 Å². The molecule has 0 aromatic carbocycles. The minimum absolute atomic E-state index is 0.0577. The molecule has 0 bridgehead atoms. The Morgan fingerprint density at radius 1 is 1.40 bits per heavy atom. The number of hydrogen-bond acceptors (Lipinski definition) is 1. The Morgan fingerprint density at radius 3 is 2.60 bits per heavy atom. The van der Waals surface area contributed by atoms with E-state index in [-0.39, 0.29) is 5.60 Å². The summed E-state index contributed by atoms with van der Waals surface area (Å²) in [5, 5.41) is 0. The van der Waals surface area contributed by atoms with E-state index < -0.39 is 0 Å². The summed E-state index contributed by atoms with van der Waals surface area (Å²) in [4.78, 5) is 0. The lowest BCUT2D eigenvalue weighted by atomic mass is 9.91. The van der Waals surface area contributed by atoms with Crippen molar-refractivity contribution >= 4 is 0 Å². The van der Waals surface area contributed by atoms with E-state index in [1.165, 1.54) is 5.57 Å². The molecule has 0 aliphatic carbocycles. The molecule has 3 atom stereocenters. The zero-order valence-corrected chi connectivity index (χ0v) is 10.7. The maximum absolute atomic E-state index is 6.05. The molecule has 0 saturated heterocycles. The Kier molecular flexibility index (Phi) is 4.15. The molecular weight excluding hydrogens is 184 g/mol. The summed E-state index contributed by atoms with van der Waals surface area (Å²) < 4.78 is 6.05. The Balaban J connectivity index is 2.53. The van der Waals surface area contributed by atoms with Crippen LogP contribution in [0, 0.1) is 5.92 Å². The quantitative estimate of drug-likeness (QED) is 0.634. The number of ether oxygens (including phenoxy) is 1. The van der Waals surface area contributed by atoms with E-state index in [0.717, 1.165) is 12.8 Å². The summed E-state index contributed by atoms with van der Waals surface area (Å²) in [5.74, 6) is 0.543. The van der Waals surface area contributed by atoms with Crippen molar-refractivity contribution in [3.05, 3.63) is 23.8 Å². The average molecular weight is 208 g/mol.